The summed E-state index contributed by atoms with van der Waals surface area (Å²) in [5, 5.41) is 6.15. The predicted molar refractivity (Wildman–Crippen MR) is 97.8 cm³/mol. The molecule has 1 amide bonds. The minimum Gasteiger partial charge on any atom is -0.492 e. The van der Waals surface area contributed by atoms with Crippen LogP contribution in [-0.4, -0.2) is 17.5 Å². The van der Waals surface area contributed by atoms with E-state index < -0.39 is 0 Å². The van der Waals surface area contributed by atoms with Crippen LogP contribution in [0.5, 0.6) is 5.75 Å². The van der Waals surface area contributed by atoms with Crippen LogP contribution in [0.1, 0.15) is 33.6 Å². The molecule has 24 heavy (non-hydrogen) atoms. The van der Waals surface area contributed by atoms with Crippen molar-refractivity contribution < 1.29 is 9.53 Å². The van der Waals surface area contributed by atoms with Crippen LogP contribution in [0.4, 0.5) is 17.2 Å². The van der Waals surface area contributed by atoms with E-state index in [2.05, 4.69) is 15.6 Å². The molecule has 0 atom stereocenters. The van der Waals surface area contributed by atoms with E-state index in [4.69, 9.17) is 4.74 Å². The molecular weight excluding hydrogens is 302 g/mol. The third kappa shape index (κ3) is 4.72. The van der Waals surface area contributed by atoms with E-state index in [-0.39, 0.29) is 11.8 Å². The highest BCUT2D eigenvalue weighted by Gasteiger charge is 2.14. The Bertz CT molecular complexity index is 652. The number of rotatable bonds is 8. The number of ether oxygens (including phenoxy) is 1. The van der Waals surface area contributed by atoms with E-state index >= 15 is 0 Å². The first kappa shape index (κ1) is 17.8. The molecule has 0 unspecified atom stereocenters. The Morgan fingerprint density at radius 3 is 2.50 bits per heavy atom. The van der Waals surface area contributed by atoms with Crippen LogP contribution in [-0.2, 0) is 4.79 Å². The van der Waals surface area contributed by atoms with E-state index in [1.807, 2.05) is 57.2 Å². The van der Waals surface area contributed by atoms with Gasteiger partial charge in [-0.15, -0.1) is 0 Å². The number of carbonyl (C=O) groups is 1. The second kappa shape index (κ2) is 8.91. The summed E-state index contributed by atoms with van der Waals surface area (Å²) in [6, 6.07) is 11.4. The third-order valence-electron chi connectivity index (χ3n) is 3.84. The number of anilines is 3. The van der Waals surface area contributed by atoms with Gasteiger partial charge in [0.1, 0.15) is 11.6 Å². The highest BCUT2D eigenvalue weighted by Crippen LogP contribution is 2.27. The number of hydrogen-bond acceptors (Lipinski definition) is 4. The van der Waals surface area contributed by atoms with E-state index in [0.717, 1.165) is 24.3 Å². The Morgan fingerprint density at radius 2 is 1.88 bits per heavy atom. The maximum absolute atomic E-state index is 12.1. The molecule has 5 heteroatoms. The van der Waals surface area contributed by atoms with Crippen LogP contribution in [0.25, 0.3) is 0 Å². The minimum absolute atomic E-state index is 0.0425. The zero-order chi connectivity index (χ0) is 17.4. The van der Waals surface area contributed by atoms with Gasteiger partial charge in [0.05, 0.1) is 24.2 Å². The van der Waals surface area contributed by atoms with Crippen molar-refractivity contribution in [3.8, 4) is 5.75 Å². The molecule has 5 nitrogen and oxygen atoms in total. The van der Waals surface area contributed by atoms with Gasteiger partial charge < -0.3 is 15.4 Å². The standard InChI is InChI=1S/C19H25N3O2/c1-4-14(5-2)19(23)21-15-11-12-18(20-13-15)22-16-9-7-8-10-17(16)24-6-3/h7-14H,4-6H2,1-3H3,(H,20,22)(H,21,23). The molecule has 1 aromatic carbocycles. The monoisotopic (exact) mass is 327 g/mol. The zero-order valence-corrected chi connectivity index (χ0v) is 14.5. The molecule has 0 aliphatic carbocycles. The van der Waals surface area contributed by atoms with Gasteiger partial charge in [0.2, 0.25) is 5.91 Å². The van der Waals surface area contributed by atoms with Crippen molar-refractivity contribution in [1.29, 1.82) is 0 Å². The van der Waals surface area contributed by atoms with Gasteiger partial charge in [0, 0.05) is 5.92 Å². The Hall–Kier alpha value is -2.56. The molecule has 0 aliphatic heterocycles. The van der Waals surface area contributed by atoms with Gasteiger partial charge in [0.15, 0.2) is 0 Å². The fourth-order valence-electron chi connectivity index (χ4n) is 2.43. The summed E-state index contributed by atoms with van der Waals surface area (Å²) in [5.41, 5.74) is 1.57. The van der Waals surface area contributed by atoms with E-state index in [9.17, 15) is 4.79 Å². The maximum Gasteiger partial charge on any atom is 0.227 e. The highest BCUT2D eigenvalue weighted by molar-refractivity contribution is 5.92. The lowest BCUT2D eigenvalue weighted by atomic mass is 10.0. The number of nitrogens with zero attached hydrogens (tertiary/aromatic N) is 1. The summed E-state index contributed by atoms with van der Waals surface area (Å²) < 4.78 is 5.59. The minimum atomic E-state index is 0.0425. The molecule has 0 fully saturated rings. The van der Waals surface area contributed by atoms with E-state index in [1.54, 1.807) is 6.20 Å². The fourth-order valence-corrected chi connectivity index (χ4v) is 2.43. The van der Waals surface area contributed by atoms with Gasteiger partial charge in [0.25, 0.3) is 0 Å². The Kier molecular flexibility index (Phi) is 6.61. The van der Waals surface area contributed by atoms with Crippen molar-refractivity contribution in [2.24, 2.45) is 5.92 Å². The molecule has 1 heterocycles. The molecule has 0 spiro atoms. The topological polar surface area (TPSA) is 63.2 Å². The molecule has 128 valence electrons. The van der Waals surface area contributed by atoms with Crippen molar-refractivity contribution in [3.63, 3.8) is 0 Å². The van der Waals surface area contributed by atoms with Gasteiger partial charge in [-0.25, -0.2) is 4.98 Å². The average molecular weight is 327 g/mol. The molecule has 2 aromatic rings. The highest BCUT2D eigenvalue weighted by atomic mass is 16.5. The number of hydrogen-bond donors (Lipinski definition) is 2. The van der Waals surface area contributed by atoms with Gasteiger partial charge >= 0.3 is 0 Å². The number of pyridine rings is 1. The van der Waals surface area contributed by atoms with Gasteiger partial charge in [-0.05, 0) is 44.0 Å². The molecule has 2 N–H and O–H groups in total. The summed E-state index contributed by atoms with van der Waals surface area (Å²) in [6.45, 7) is 6.60. The lowest BCUT2D eigenvalue weighted by Crippen LogP contribution is -2.21. The fraction of sp³-hybridized carbons (Fsp3) is 0.368. The van der Waals surface area contributed by atoms with Crippen LogP contribution < -0.4 is 15.4 Å². The molecule has 0 saturated carbocycles. The van der Waals surface area contributed by atoms with Crippen LogP contribution in [0.15, 0.2) is 42.6 Å². The smallest absolute Gasteiger partial charge is 0.227 e. The van der Waals surface area contributed by atoms with E-state index in [0.29, 0.717) is 18.1 Å². The number of nitrogens with one attached hydrogen (secondary N) is 2. The number of benzene rings is 1. The van der Waals surface area contributed by atoms with E-state index in [1.165, 1.54) is 0 Å². The second-order valence-electron chi connectivity index (χ2n) is 5.49. The van der Waals surface area contributed by atoms with Crippen molar-refractivity contribution >= 4 is 23.1 Å². The molecular formula is C19H25N3O2. The van der Waals surface area contributed by atoms with Crippen LogP contribution in [0.2, 0.25) is 0 Å². The number of aromatic nitrogens is 1. The zero-order valence-electron chi connectivity index (χ0n) is 14.5. The Labute approximate surface area is 143 Å². The molecule has 0 aliphatic rings. The summed E-state index contributed by atoms with van der Waals surface area (Å²) >= 11 is 0. The first-order valence-corrected chi connectivity index (χ1v) is 8.43. The summed E-state index contributed by atoms with van der Waals surface area (Å²) in [5.74, 6) is 1.57. The lowest BCUT2D eigenvalue weighted by molar-refractivity contribution is -0.120. The summed E-state index contributed by atoms with van der Waals surface area (Å²) in [6.07, 6.45) is 3.33. The van der Waals surface area contributed by atoms with Crippen molar-refractivity contribution in [2.75, 3.05) is 17.2 Å². The van der Waals surface area contributed by atoms with Crippen molar-refractivity contribution in [3.05, 3.63) is 42.6 Å². The maximum atomic E-state index is 12.1. The second-order valence-corrected chi connectivity index (χ2v) is 5.49. The first-order chi connectivity index (χ1) is 11.7. The Morgan fingerprint density at radius 1 is 1.12 bits per heavy atom. The van der Waals surface area contributed by atoms with Crippen LogP contribution in [0, 0.1) is 5.92 Å². The van der Waals surface area contributed by atoms with Gasteiger partial charge in [-0.2, -0.15) is 0 Å². The Balaban J connectivity index is 2.03. The van der Waals surface area contributed by atoms with Crippen molar-refractivity contribution in [2.45, 2.75) is 33.6 Å². The molecule has 2 rings (SSSR count). The number of carbonyl (C=O) groups excluding carboxylic acids is 1. The number of para-hydroxylation sites is 2. The lowest BCUT2D eigenvalue weighted by Gasteiger charge is -2.14. The third-order valence-corrected chi connectivity index (χ3v) is 3.84. The van der Waals surface area contributed by atoms with Gasteiger partial charge in [-0.1, -0.05) is 26.0 Å². The molecule has 0 radical (unpaired) electrons. The quantitative estimate of drug-likeness (QED) is 0.744. The summed E-state index contributed by atoms with van der Waals surface area (Å²) in [4.78, 5) is 16.5. The molecule has 1 aromatic heterocycles. The van der Waals surface area contributed by atoms with Crippen LogP contribution in [0.3, 0.4) is 0 Å². The summed E-state index contributed by atoms with van der Waals surface area (Å²) in [7, 11) is 0. The molecule has 0 saturated heterocycles. The van der Waals surface area contributed by atoms with Crippen LogP contribution >= 0.6 is 0 Å². The normalized spacial score (nSPS) is 10.5. The largest absolute Gasteiger partial charge is 0.492 e. The number of amides is 1. The average Bonchev–Trinajstić information content (AvgIpc) is 2.60. The van der Waals surface area contributed by atoms with Gasteiger partial charge in [-0.3, -0.25) is 4.79 Å². The van der Waals surface area contributed by atoms with Crippen molar-refractivity contribution in [1.82, 2.24) is 4.98 Å². The predicted octanol–water partition coefficient (Wildman–Crippen LogP) is 4.60. The first-order valence-electron chi connectivity index (χ1n) is 8.43. The SMILES string of the molecule is CCOc1ccccc1Nc1ccc(NC(=O)C(CC)CC)cn1. The molecule has 0 bridgehead atoms.